The summed E-state index contributed by atoms with van der Waals surface area (Å²) in [6.45, 7) is 0.365. The Balaban J connectivity index is 1.45. The van der Waals surface area contributed by atoms with Crippen molar-refractivity contribution in [3.05, 3.63) is 90.9 Å². The van der Waals surface area contributed by atoms with E-state index in [0.717, 1.165) is 16.7 Å². The fraction of sp³-hybridized carbons (Fsp3) is 0.0800. The second kappa shape index (κ2) is 9.16. The maximum absolute atomic E-state index is 12.7. The second-order valence-electron chi connectivity index (χ2n) is 7.94. The fourth-order valence-corrected chi connectivity index (χ4v) is 4.37. The number of nitrogens with one attached hydrogen (secondary N) is 1. The van der Waals surface area contributed by atoms with Gasteiger partial charge in [0, 0.05) is 24.3 Å². The highest BCUT2D eigenvalue weighted by molar-refractivity contribution is 7.89. The number of carbonyl (C=O) groups excluding carboxylic acids is 1. The van der Waals surface area contributed by atoms with Crippen LogP contribution in [0.2, 0.25) is 0 Å². The third kappa shape index (κ3) is 4.98. The molecule has 176 valence electrons. The van der Waals surface area contributed by atoms with Gasteiger partial charge >= 0.3 is 0 Å². The Labute approximate surface area is 202 Å². The SMILES string of the molecule is NS(=O)(=O)c1cccc(Nc2cc(-c3ccc4c(c3)N(Cc3cccnc3)C(=O)CO4)ccn2)c1. The highest BCUT2D eigenvalue weighted by Crippen LogP contribution is 2.37. The van der Waals surface area contributed by atoms with E-state index >= 15 is 0 Å². The average molecular weight is 488 g/mol. The smallest absolute Gasteiger partial charge is 0.265 e. The Kier molecular flexibility index (Phi) is 5.89. The third-order valence-corrected chi connectivity index (χ3v) is 6.40. The molecular weight excluding hydrogens is 466 g/mol. The van der Waals surface area contributed by atoms with Crippen molar-refractivity contribution in [1.82, 2.24) is 9.97 Å². The Hall–Kier alpha value is -4.28. The number of carbonyl (C=O) groups is 1. The third-order valence-electron chi connectivity index (χ3n) is 5.49. The van der Waals surface area contributed by atoms with Crippen LogP contribution < -0.4 is 20.1 Å². The van der Waals surface area contributed by atoms with E-state index in [4.69, 9.17) is 9.88 Å². The van der Waals surface area contributed by atoms with Crippen molar-refractivity contribution in [3.63, 3.8) is 0 Å². The van der Waals surface area contributed by atoms with Crippen molar-refractivity contribution < 1.29 is 17.9 Å². The van der Waals surface area contributed by atoms with Gasteiger partial charge in [0.25, 0.3) is 5.91 Å². The lowest BCUT2D eigenvalue weighted by molar-refractivity contribution is -0.121. The molecule has 0 aliphatic carbocycles. The van der Waals surface area contributed by atoms with Crippen LogP contribution in [0.5, 0.6) is 5.75 Å². The van der Waals surface area contributed by atoms with Gasteiger partial charge in [0.1, 0.15) is 11.6 Å². The normalized spacial score (nSPS) is 13.2. The molecule has 2 aromatic heterocycles. The number of rotatable bonds is 6. The van der Waals surface area contributed by atoms with E-state index in [-0.39, 0.29) is 17.4 Å². The topological polar surface area (TPSA) is 128 Å². The zero-order valence-electron chi connectivity index (χ0n) is 18.5. The van der Waals surface area contributed by atoms with Gasteiger partial charge in [-0.1, -0.05) is 18.2 Å². The van der Waals surface area contributed by atoms with E-state index in [1.807, 2.05) is 42.5 Å². The molecule has 2 aromatic carbocycles. The Bertz CT molecular complexity index is 1510. The molecule has 9 nitrogen and oxygen atoms in total. The van der Waals surface area contributed by atoms with E-state index in [0.29, 0.717) is 29.5 Å². The predicted molar refractivity (Wildman–Crippen MR) is 132 cm³/mol. The van der Waals surface area contributed by atoms with Crippen LogP contribution in [-0.2, 0) is 21.4 Å². The minimum Gasteiger partial charge on any atom is -0.482 e. The van der Waals surface area contributed by atoms with Gasteiger partial charge in [-0.05, 0) is 65.2 Å². The predicted octanol–water partition coefficient (Wildman–Crippen LogP) is 3.46. The number of nitrogens with zero attached hydrogens (tertiary/aromatic N) is 3. The first-order valence-corrected chi connectivity index (χ1v) is 12.2. The molecule has 0 unspecified atom stereocenters. The lowest BCUT2D eigenvalue weighted by atomic mass is 10.0. The van der Waals surface area contributed by atoms with Crippen LogP contribution in [0.4, 0.5) is 17.2 Å². The number of aromatic nitrogens is 2. The maximum atomic E-state index is 12.7. The van der Waals surface area contributed by atoms with Crippen LogP contribution in [0.25, 0.3) is 11.1 Å². The summed E-state index contributed by atoms with van der Waals surface area (Å²) in [5.41, 5.74) is 3.84. The number of sulfonamides is 1. The van der Waals surface area contributed by atoms with Crippen molar-refractivity contribution in [1.29, 1.82) is 0 Å². The molecule has 0 atom stereocenters. The first-order chi connectivity index (χ1) is 16.9. The summed E-state index contributed by atoms with van der Waals surface area (Å²) in [6.07, 6.45) is 5.07. The number of anilines is 3. The van der Waals surface area contributed by atoms with Crippen LogP contribution in [0.15, 0.2) is 90.2 Å². The largest absolute Gasteiger partial charge is 0.482 e. The summed E-state index contributed by atoms with van der Waals surface area (Å²) in [7, 11) is -3.82. The van der Waals surface area contributed by atoms with Crippen LogP contribution in [0, 0.1) is 0 Å². The number of pyridine rings is 2. The van der Waals surface area contributed by atoms with Crippen molar-refractivity contribution in [2.24, 2.45) is 5.14 Å². The van der Waals surface area contributed by atoms with Gasteiger partial charge in [-0.25, -0.2) is 18.5 Å². The molecule has 3 N–H and O–H groups in total. The quantitative estimate of drug-likeness (QED) is 0.426. The molecule has 0 spiro atoms. The average Bonchev–Trinajstić information content (AvgIpc) is 2.86. The molecule has 0 saturated carbocycles. The summed E-state index contributed by atoms with van der Waals surface area (Å²) in [6, 6.07) is 19.3. The number of benzene rings is 2. The first kappa shape index (κ1) is 22.5. The Morgan fingerprint density at radius 3 is 2.66 bits per heavy atom. The highest BCUT2D eigenvalue weighted by Gasteiger charge is 2.26. The summed E-state index contributed by atoms with van der Waals surface area (Å²) in [5.74, 6) is 1.01. The summed E-state index contributed by atoms with van der Waals surface area (Å²) in [5, 5.41) is 8.34. The number of amides is 1. The molecule has 0 fully saturated rings. The fourth-order valence-electron chi connectivity index (χ4n) is 3.81. The standard InChI is InChI=1S/C25H21N5O4S/c26-35(32,33)21-5-1-4-20(13-21)29-24-12-19(8-10-28-24)18-6-7-23-22(11-18)30(25(31)16-34-23)15-17-3-2-9-27-14-17/h1-14H,15-16H2,(H,28,29)(H2,26,32,33). The maximum Gasteiger partial charge on any atom is 0.265 e. The lowest BCUT2D eigenvalue weighted by Gasteiger charge is -2.30. The van der Waals surface area contributed by atoms with Gasteiger partial charge in [0.05, 0.1) is 17.1 Å². The van der Waals surface area contributed by atoms with Crippen molar-refractivity contribution >= 4 is 33.1 Å². The lowest BCUT2D eigenvalue weighted by Crippen LogP contribution is -2.38. The number of fused-ring (bicyclic) bond motifs is 1. The molecule has 0 bridgehead atoms. The van der Waals surface area contributed by atoms with Gasteiger partial charge in [-0.2, -0.15) is 0 Å². The molecule has 10 heteroatoms. The molecule has 1 amide bonds. The minimum atomic E-state index is -3.82. The van der Waals surface area contributed by atoms with Crippen LogP contribution in [0.1, 0.15) is 5.56 Å². The van der Waals surface area contributed by atoms with Gasteiger partial charge in [-0.3, -0.25) is 9.78 Å². The first-order valence-electron chi connectivity index (χ1n) is 10.7. The van der Waals surface area contributed by atoms with Crippen LogP contribution in [0.3, 0.4) is 0 Å². The summed E-state index contributed by atoms with van der Waals surface area (Å²) >= 11 is 0. The molecular formula is C25H21N5O4S. The monoisotopic (exact) mass is 487 g/mol. The summed E-state index contributed by atoms with van der Waals surface area (Å²) < 4.78 is 28.9. The van der Waals surface area contributed by atoms with Gasteiger partial charge < -0.3 is 15.0 Å². The number of ether oxygens (including phenoxy) is 1. The van der Waals surface area contributed by atoms with Gasteiger partial charge in [0.15, 0.2) is 6.61 Å². The molecule has 3 heterocycles. The molecule has 4 aromatic rings. The molecule has 0 radical (unpaired) electrons. The minimum absolute atomic E-state index is 0.00622. The van der Waals surface area contributed by atoms with Crippen LogP contribution >= 0.6 is 0 Å². The Morgan fingerprint density at radius 1 is 1.00 bits per heavy atom. The summed E-state index contributed by atoms with van der Waals surface area (Å²) in [4.78, 5) is 22.8. The van der Waals surface area contributed by atoms with Crippen LogP contribution in [-0.4, -0.2) is 30.9 Å². The van der Waals surface area contributed by atoms with Crippen molar-refractivity contribution in [2.75, 3.05) is 16.8 Å². The van der Waals surface area contributed by atoms with Crippen molar-refractivity contribution in [3.8, 4) is 16.9 Å². The number of nitrogens with two attached hydrogens (primary N) is 1. The van der Waals surface area contributed by atoms with Gasteiger partial charge in [0.2, 0.25) is 10.0 Å². The molecule has 1 aliphatic rings. The molecule has 0 saturated heterocycles. The van der Waals surface area contributed by atoms with E-state index in [9.17, 15) is 13.2 Å². The van der Waals surface area contributed by atoms with Gasteiger partial charge in [-0.15, -0.1) is 0 Å². The number of hydrogen-bond acceptors (Lipinski definition) is 7. The van der Waals surface area contributed by atoms with E-state index in [1.165, 1.54) is 12.1 Å². The molecule has 1 aliphatic heterocycles. The van der Waals surface area contributed by atoms with E-state index in [1.54, 1.807) is 35.6 Å². The zero-order chi connectivity index (χ0) is 24.4. The highest BCUT2D eigenvalue weighted by atomic mass is 32.2. The molecule has 35 heavy (non-hydrogen) atoms. The number of primary sulfonamides is 1. The zero-order valence-corrected chi connectivity index (χ0v) is 19.3. The number of hydrogen-bond donors (Lipinski definition) is 2. The van der Waals surface area contributed by atoms with E-state index in [2.05, 4.69) is 15.3 Å². The second-order valence-corrected chi connectivity index (χ2v) is 9.50. The Morgan fingerprint density at radius 2 is 1.86 bits per heavy atom. The molecule has 5 rings (SSSR count). The van der Waals surface area contributed by atoms with Crippen molar-refractivity contribution in [2.45, 2.75) is 11.4 Å². The van der Waals surface area contributed by atoms with E-state index < -0.39 is 10.0 Å².